The highest BCUT2D eigenvalue weighted by atomic mass is 16.5. The van der Waals surface area contributed by atoms with E-state index < -0.39 is 0 Å². The highest BCUT2D eigenvalue weighted by molar-refractivity contribution is 5.58. The smallest absolute Gasteiger partial charge is 0.0579 e. The Hall–Kier alpha value is -0.610. The Kier molecular flexibility index (Phi) is 3.94. The molecule has 0 aromatic carbocycles. The molecule has 6 heavy (non-hydrogen) atoms. The number of hydroxylamine groups is 1. The summed E-state index contributed by atoms with van der Waals surface area (Å²) in [5.41, 5.74) is 1.84. The molecular weight excluding hydrogens is 82.0 g/mol. The molecule has 0 rings (SSSR count). The van der Waals surface area contributed by atoms with Gasteiger partial charge in [0.25, 0.3) is 0 Å². The molecule has 0 aliphatic rings. The van der Waals surface area contributed by atoms with Gasteiger partial charge in [0.2, 0.25) is 0 Å². The summed E-state index contributed by atoms with van der Waals surface area (Å²) in [7, 11) is 0. The lowest BCUT2D eigenvalue weighted by atomic mass is 10.8. The number of hydrogen-bond donors (Lipinski definition) is 3. The molecule has 4 heteroatoms. The van der Waals surface area contributed by atoms with Gasteiger partial charge in [0.1, 0.15) is 0 Å². The molecule has 0 aromatic heterocycles. The lowest BCUT2D eigenvalue weighted by Crippen LogP contribution is -2.09. The van der Waals surface area contributed by atoms with Gasteiger partial charge in [-0.15, -0.1) is 0 Å². The Balaban J connectivity index is 2.66. The zero-order chi connectivity index (χ0) is 4.83. The minimum absolute atomic E-state index is 0.302. The summed E-state index contributed by atoms with van der Waals surface area (Å²) in [4.78, 5) is 0. The topological polar surface area (TPSA) is 70.6 Å². The number of nitrogens with one attached hydrogen (secondary N) is 1. The van der Waals surface area contributed by atoms with E-state index >= 15 is 0 Å². The van der Waals surface area contributed by atoms with Crippen LogP contribution in [-0.4, -0.2) is 18.0 Å². The van der Waals surface area contributed by atoms with Gasteiger partial charge in [-0.2, -0.15) is 5.10 Å². The normalized spacial score (nSPS) is 10.2. The Morgan fingerprint density at radius 1 is 2.00 bits per heavy atom. The maximum atomic E-state index is 7.80. The van der Waals surface area contributed by atoms with Crippen LogP contribution in [0.3, 0.4) is 0 Å². The second-order valence-electron chi connectivity index (χ2n) is 0.694. The van der Waals surface area contributed by atoms with E-state index in [1.54, 1.807) is 0 Å². The van der Waals surface area contributed by atoms with E-state index in [2.05, 4.69) is 10.9 Å². The first kappa shape index (κ1) is 5.39. The number of nitrogens with two attached hydrogens (primary N) is 1. The van der Waals surface area contributed by atoms with Gasteiger partial charge >= 0.3 is 0 Å². The molecule has 0 saturated carbocycles. The molecule has 0 unspecified atom stereocenters. The van der Waals surface area contributed by atoms with Crippen LogP contribution >= 0.6 is 0 Å². The van der Waals surface area contributed by atoms with Gasteiger partial charge in [-0.05, 0) is 0 Å². The zero-order valence-electron chi connectivity index (χ0n) is 3.26. The van der Waals surface area contributed by atoms with E-state index in [4.69, 9.17) is 5.21 Å². The van der Waals surface area contributed by atoms with Crippen molar-refractivity contribution in [3.05, 3.63) is 0 Å². The molecular formula is C2H7N3O. The fourth-order valence-electron chi connectivity index (χ4n) is 0.0935. The van der Waals surface area contributed by atoms with Gasteiger partial charge in [0.05, 0.1) is 6.54 Å². The van der Waals surface area contributed by atoms with Gasteiger partial charge in [0.15, 0.2) is 0 Å². The quantitative estimate of drug-likeness (QED) is 0.229. The molecule has 4 nitrogen and oxygen atoms in total. The second-order valence-corrected chi connectivity index (χ2v) is 0.694. The van der Waals surface area contributed by atoms with Gasteiger partial charge < -0.3 is 11.0 Å². The van der Waals surface area contributed by atoms with Crippen LogP contribution in [0.5, 0.6) is 0 Å². The lowest BCUT2D eigenvalue weighted by molar-refractivity contribution is 0.184. The van der Waals surface area contributed by atoms with Crippen molar-refractivity contribution in [2.24, 2.45) is 10.9 Å². The molecule has 0 atom stereocenters. The predicted molar refractivity (Wildman–Crippen MR) is 22.5 cm³/mol. The van der Waals surface area contributed by atoms with E-state index in [0.29, 0.717) is 6.54 Å². The van der Waals surface area contributed by atoms with E-state index in [9.17, 15) is 0 Å². The molecule has 0 amide bonds. The largest absolute Gasteiger partial charge is 0.324 e. The van der Waals surface area contributed by atoms with E-state index in [0.717, 1.165) is 0 Å². The maximum Gasteiger partial charge on any atom is 0.0579 e. The molecule has 0 saturated heterocycles. The minimum atomic E-state index is 0.302. The molecule has 0 fully saturated rings. The van der Waals surface area contributed by atoms with Crippen molar-refractivity contribution in [1.82, 2.24) is 5.48 Å². The van der Waals surface area contributed by atoms with Crippen molar-refractivity contribution in [1.29, 1.82) is 0 Å². The van der Waals surface area contributed by atoms with Crippen LogP contribution in [0.1, 0.15) is 0 Å². The fourth-order valence-corrected chi connectivity index (χ4v) is 0.0935. The first-order chi connectivity index (χ1) is 2.91. The first-order valence-electron chi connectivity index (χ1n) is 1.50. The van der Waals surface area contributed by atoms with Crippen LogP contribution in [-0.2, 0) is 0 Å². The van der Waals surface area contributed by atoms with Crippen molar-refractivity contribution in [2.75, 3.05) is 6.54 Å². The Labute approximate surface area is 35.6 Å². The summed E-state index contributed by atoms with van der Waals surface area (Å²) in [5, 5.41) is 10.9. The summed E-state index contributed by atoms with van der Waals surface area (Å²) < 4.78 is 0. The second kappa shape index (κ2) is 4.39. The van der Waals surface area contributed by atoms with Gasteiger partial charge in [-0.3, -0.25) is 0 Å². The molecule has 0 spiro atoms. The van der Waals surface area contributed by atoms with Crippen molar-refractivity contribution < 1.29 is 5.21 Å². The maximum absolute atomic E-state index is 7.80. The molecule has 0 bridgehead atoms. The van der Waals surface area contributed by atoms with Crippen molar-refractivity contribution in [3.8, 4) is 0 Å². The zero-order valence-corrected chi connectivity index (χ0v) is 3.26. The highest BCUT2D eigenvalue weighted by Gasteiger charge is 1.64. The molecule has 0 aliphatic heterocycles. The summed E-state index contributed by atoms with van der Waals surface area (Å²) in [6.07, 6.45) is 1.35. The van der Waals surface area contributed by atoms with Crippen LogP contribution in [0.25, 0.3) is 0 Å². The van der Waals surface area contributed by atoms with Crippen LogP contribution in [0.15, 0.2) is 5.10 Å². The van der Waals surface area contributed by atoms with Crippen LogP contribution in [0.2, 0.25) is 0 Å². The van der Waals surface area contributed by atoms with Gasteiger partial charge in [0, 0.05) is 6.21 Å². The molecule has 0 aromatic rings. The van der Waals surface area contributed by atoms with E-state index in [-0.39, 0.29) is 0 Å². The van der Waals surface area contributed by atoms with Crippen LogP contribution < -0.4 is 11.3 Å². The summed E-state index contributed by atoms with van der Waals surface area (Å²) in [6, 6.07) is 0. The average Bonchev–Trinajstić information content (AvgIpc) is 1.61. The van der Waals surface area contributed by atoms with Gasteiger partial charge in [-0.1, -0.05) is 0 Å². The van der Waals surface area contributed by atoms with E-state index in [1.807, 2.05) is 5.48 Å². The average molecular weight is 89.1 g/mol. The third-order valence-electron chi connectivity index (χ3n) is 0.288. The van der Waals surface area contributed by atoms with Crippen molar-refractivity contribution >= 4 is 6.21 Å². The van der Waals surface area contributed by atoms with Crippen LogP contribution in [0, 0.1) is 0 Å². The van der Waals surface area contributed by atoms with E-state index in [1.165, 1.54) is 6.21 Å². The monoisotopic (exact) mass is 89.1 g/mol. The van der Waals surface area contributed by atoms with Crippen LogP contribution in [0.4, 0.5) is 0 Å². The fraction of sp³-hybridized carbons (Fsp3) is 0.500. The lowest BCUT2D eigenvalue weighted by Gasteiger charge is -1.80. The molecule has 4 N–H and O–H groups in total. The summed E-state index contributed by atoms with van der Waals surface area (Å²) in [6.45, 7) is 0.302. The molecule has 0 heterocycles. The molecule has 0 radical (unpaired) electrons. The van der Waals surface area contributed by atoms with Crippen molar-refractivity contribution in [3.63, 3.8) is 0 Å². The number of nitrogens with zero attached hydrogens (tertiary/aromatic N) is 1. The number of rotatable bonds is 2. The summed E-state index contributed by atoms with van der Waals surface area (Å²) in [5.74, 6) is 4.63. The third-order valence-corrected chi connectivity index (χ3v) is 0.288. The Bertz CT molecular complexity index is 44.1. The summed E-state index contributed by atoms with van der Waals surface area (Å²) >= 11 is 0. The standard InChI is InChI=1S/C2H7N3O/c3-4-1-2-5-6/h1,5-6H,2-3H2/b4-1+. The molecule has 0 aliphatic carbocycles. The third kappa shape index (κ3) is 3.39. The van der Waals surface area contributed by atoms with Crippen molar-refractivity contribution in [2.45, 2.75) is 0 Å². The minimum Gasteiger partial charge on any atom is -0.324 e. The number of hydrazone groups is 1. The predicted octanol–water partition coefficient (Wildman–Crippen LogP) is -1.09. The molecule has 36 valence electrons. The number of hydrogen-bond acceptors (Lipinski definition) is 4. The van der Waals surface area contributed by atoms with Gasteiger partial charge in [-0.25, -0.2) is 5.48 Å². The SMILES string of the molecule is N/N=C/CNO. The Morgan fingerprint density at radius 2 is 2.67 bits per heavy atom. The first-order valence-corrected chi connectivity index (χ1v) is 1.50. The Morgan fingerprint density at radius 3 is 2.83 bits per heavy atom. The highest BCUT2D eigenvalue weighted by Crippen LogP contribution is 1.40.